The van der Waals surface area contributed by atoms with E-state index in [1.165, 1.54) is 0 Å². The van der Waals surface area contributed by atoms with E-state index in [-0.39, 0.29) is 6.42 Å². The van der Waals surface area contributed by atoms with Crippen LogP contribution in [0, 0.1) is 0 Å². The number of esters is 1. The summed E-state index contributed by atoms with van der Waals surface area (Å²) in [5.41, 5.74) is 7.08. The van der Waals surface area contributed by atoms with Crippen LogP contribution in [0.15, 0.2) is 59.2 Å². The number of nitrogens with one attached hydrogen (secondary N) is 3. The van der Waals surface area contributed by atoms with Crippen molar-refractivity contribution in [3.8, 4) is 0 Å². The highest BCUT2D eigenvalue weighted by Gasteiger charge is 2.11. The Balaban J connectivity index is 1.34. The van der Waals surface area contributed by atoms with E-state index in [1.807, 2.05) is 30.5 Å². The molecule has 1 heterocycles. The molecule has 0 bridgehead atoms. The lowest BCUT2D eigenvalue weighted by atomic mass is 10.1. The van der Waals surface area contributed by atoms with E-state index in [1.54, 1.807) is 24.3 Å². The number of hydrogen-bond donors (Lipinski definition) is 3. The average Bonchev–Trinajstić information content (AvgIpc) is 3.14. The molecular weight excluding hydrogens is 438 g/mol. The van der Waals surface area contributed by atoms with Crippen LogP contribution < -0.4 is 10.9 Å². The summed E-state index contributed by atoms with van der Waals surface area (Å²) >= 11 is 3.28. The Morgan fingerprint density at radius 3 is 2.55 bits per heavy atom. The van der Waals surface area contributed by atoms with Gasteiger partial charge in [-0.2, -0.15) is 0 Å². The fourth-order valence-electron chi connectivity index (χ4n) is 2.82. The van der Waals surface area contributed by atoms with Gasteiger partial charge in [0.1, 0.15) is 0 Å². The first-order valence-corrected chi connectivity index (χ1v) is 9.87. The molecule has 0 saturated carbocycles. The Bertz CT molecular complexity index is 1010. The van der Waals surface area contributed by atoms with E-state index in [9.17, 15) is 14.4 Å². The zero-order valence-electron chi connectivity index (χ0n) is 15.5. The molecule has 3 aromatic rings. The van der Waals surface area contributed by atoms with Crippen molar-refractivity contribution in [1.82, 2.24) is 15.8 Å². The number of hydrazine groups is 1. The molecule has 0 aliphatic carbocycles. The number of fused-ring (bicyclic) bond motifs is 1. The van der Waals surface area contributed by atoms with E-state index in [2.05, 4.69) is 31.8 Å². The van der Waals surface area contributed by atoms with Crippen LogP contribution in [-0.4, -0.2) is 29.4 Å². The van der Waals surface area contributed by atoms with Gasteiger partial charge < -0.3 is 9.72 Å². The molecule has 0 spiro atoms. The molecule has 2 amide bonds. The van der Waals surface area contributed by atoms with Crippen molar-refractivity contribution < 1.29 is 19.1 Å². The van der Waals surface area contributed by atoms with Crippen LogP contribution in [0.25, 0.3) is 10.9 Å². The Labute approximate surface area is 175 Å². The van der Waals surface area contributed by atoms with Crippen molar-refractivity contribution in [2.24, 2.45) is 0 Å². The average molecular weight is 458 g/mol. The molecular formula is C21H20BrN3O4. The molecule has 1 aromatic heterocycles. The molecule has 0 radical (unpaired) electrons. The first-order chi connectivity index (χ1) is 14.0. The quantitative estimate of drug-likeness (QED) is 0.374. The number of amides is 2. The second-order valence-corrected chi connectivity index (χ2v) is 7.30. The molecule has 2 aromatic carbocycles. The van der Waals surface area contributed by atoms with Crippen LogP contribution in [0.2, 0.25) is 0 Å². The Morgan fingerprint density at radius 1 is 1.00 bits per heavy atom. The minimum atomic E-state index is -0.611. The molecule has 0 fully saturated rings. The Morgan fingerprint density at radius 2 is 1.76 bits per heavy atom. The first kappa shape index (κ1) is 20.6. The zero-order chi connectivity index (χ0) is 20.6. The predicted octanol–water partition coefficient (Wildman–Crippen LogP) is 3.26. The van der Waals surface area contributed by atoms with Crippen LogP contribution in [0.5, 0.6) is 0 Å². The Kier molecular flexibility index (Phi) is 7.02. The maximum absolute atomic E-state index is 11.9. The summed E-state index contributed by atoms with van der Waals surface area (Å²) in [5, 5.41) is 1.14. The molecule has 0 unspecified atom stereocenters. The number of rotatable bonds is 7. The highest BCUT2D eigenvalue weighted by atomic mass is 79.9. The van der Waals surface area contributed by atoms with Gasteiger partial charge in [-0.25, -0.2) is 0 Å². The van der Waals surface area contributed by atoms with Gasteiger partial charge in [0, 0.05) is 33.6 Å². The summed E-state index contributed by atoms with van der Waals surface area (Å²) in [6.45, 7) is -0.452. The third-order valence-corrected chi connectivity index (χ3v) is 4.82. The summed E-state index contributed by atoms with van der Waals surface area (Å²) in [5.74, 6) is -1.53. The summed E-state index contributed by atoms with van der Waals surface area (Å²) < 4.78 is 5.79. The number of halogens is 1. The number of carbonyl (C=O) groups is 3. The van der Waals surface area contributed by atoms with E-state index >= 15 is 0 Å². The number of benzene rings is 2. The van der Waals surface area contributed by atoms with E-state index in [4.69, 9.17) is 4.74 Å². The predicted molar refractivity (Wildman–Crippen MR) is 112 cm³/mol. The lowest BCUT2D eigenvalue weighted by Gasteiger charge is -2.08. The smallest absolute Gasteiger partial charge is 0.306 e. The first-order valence-electron chi connectivity index (χ1n) is 9.08. The highest BCUT2D eigenvalue weighted by molar-refractivity contribution is 9.10. The van der Waals surface area contributed by atoms with E-state index in [0.717, 1.165) is 27.4 Å². The van der Waals surface area contributed by atoms with Gasteiger partial charge in [-0.1, -0.05) is 34.1 Å². The summed E-state index contributed by atoms with van der Waals surface area (Å²) in [4.78, 5) is 38.7. The standard InChI is InChI=1S/C21H20BrN3O4/c22-16-10-8-14(9-11-16)21(28)25-24-19(26)13-29-20(27)7-3-4-15-12-23-18-6-2-1-5-17(15)18/h1-2,5-6,8-12,23H,3-4,7,13H2,(H,24,26)(H,25,28). The van der Waals surface area contributed by atoms with Crippen LogP contribution in [-0.2, 0) is 20.7 Å². The number of para-hydroxylation sites is 1. The lowest BCUT2D eigenvalue weighted by Crippen LogP contribution is -2.43. The lowest BCUT2D eigenvalue weighted by molar-refractivity contribution is -0.148. The van der Waals surface area contributed by atoms with Crippen LogP contribution in [0.4, 0.5) is 0 Å². The van der Waals surface area contributed by atoms with Gasteiger partial charge in [-0.05, 0) is 48.7 Å². The number of ether oxygens (including phenoxy) is 1. The number of hydrogen-bond acceptors (Lipinski definition) is 4. The van der Waals surface area contributed by atoms with Gasteiger partial charge in [-0.15, -0.1) is 0 Å². The zero-order valence-corrected chi connectivity index (χ0v) is 17.1. The third kappa shape index (κ3) is 5.92. The van der Waals surface area contributed by atoms with Crippen molar-refractivity contribution in [2.75, 3.05) is 6.61 Å². The molecule has 0 aliphatic rings. The number of aryl methyl sites for hydroxylation is 1. The van der Waals surface area contributed by atoms with Crippen LogP contribution in [0.1, 0.15) is 28.8 Å². The second-order valence-electron chi connectivity index (χ2n) is 6.38. The summed E-state index contributed by atoms with van der Waals surface area (Å²) in [7, 11) is 0. The van der Waals surface area contributed by atoms with Crippen molar-refractivity contribution in [1.29, 1.82) is 0 Å². The summed E-state index contributed by atoms with van der Waals surface area (Å²) in [6.07, 6.45) is 3.49. The number of H-pyrrole nitrogens is 1. The molecule has 3 rings (SSSR count). The normalized spacial score (nSPS) is 10.5. The van der Waals surface area contributed by atoms with E-state index in [0.29, 0.717) is 12.0 Å². The van der Waals surface area contributed by atoms with Crippen molar-refractivity contribution in [3.63, 3.8) is 0 Å². The summed E-state index contributed by atoms with van der Waals surface area (Å²) in [6, 6.07) is 14.6. The molecule has 0 aliphatic heterocycles. The van der Waals surface area contributed by atoms with Crippen molar-refractivity contribution >= 4 is 44.6 Å². The fourth-order valence-corrected chi connectivity index (χ4v) is 3.08. The molecule has 3 N–H and O–H groups in total. The van der Waals surface area contributed by atoms with Gasteiger partial charge in [0.2, 0.25) is 0 Å². The topological polar surface area (TPSA) is 100 Å². The molecule has 150 valence electrons. The van der Waals surface area contributed by atoms with Crippen molar-refractivity contribution in [2.45, 2.75) is 19.3 Å². The molecule has 29 heavy (non-hydrogen) atoms. The van der Waals surface area contributed by atoms with Crippen LogP contribution in [0.3, 0.4) is 0 Å². The fraction of sp³-hybridized carbons (Fsp3) is 0.190. The molecule has 7 nitrogen and oxygen atoms in total. The molecule has 8 heteroatoms. The number of aromatic amines is 1. The van der Waals surface area contributed by atoms with Crippen LogP contribution >= 0.6 is 15.9 Å². The van der Waals surface area contributed by atoms with Gasteiger partial charge in [-0.3, -0.25) is 25.2 Å². The minimum absolute atomic E-state index is 0.206. The molecule has 0 saturated heterocycles. The second kappa shape index (κ2) is 9.88. The molecule has 0 atom stereocenters. The maximum atomic E-state index is 11.9. The van der Waals surface area contributed by atoms with Gasteiger partial charge >= 0.3 is 5.97 Å². The van der Waals surface area contributed by atoms with Gasteiger partial charge in [0.25, 0.3) is 11.8 Å². The maximum Gasteiger partial charge on any atom is 0.306 e. The largest absolute Gasteiger partial charge is 0.455 e. The van der Waals surface area contributed by atoms with Gasteiger partial charge in [0.05, 0.1) is 0 Å². The number of carbonyl (C=O) groups excluding carboxylic acids is 3. The Hall–Kier alpha value is -3.13. The highest BCUT2D eigenvalue weighted by Crippen LogP contribution is 2.19. The monoisotopic (exact) mass is 457 g/mol. The number of aromatic nitrogens is 1. The third-order valence-electron chi connectivity index (χ3n) is 4.29. The SMILES string of the molecule is O=C(COC(=O)CCCc1c[nH]c2ccccc12)NNC(=O)c1ccc(Br)cc1. The van der Waals surface area contributed by atoms with E-state index < -0.39 is 24.4 Å². The van der Waals surface area contributed by atoms with Gasteiger partial charge in [0.15, 0.2) is 6.61 Å². The minimum Gasteiger partial charge on any atom is -0.455 e. The van der Waals surface area contributed by atoms with Crippen molar-refractivity contribution in [3.05, 3.63) is 70.3 Å².